The lowest BCUT2D eigenvalue weighted by Gasteiger charge is -2.29. The number of benzene rings is 2. The fourth-order valence-electron chi connectivity index (χ4n) is 8.83. The number of rotatable bonds is 38. The molecular weight excluding hydrogens is 1060 g/mol. The van der Waals surface area contributed by atoms with Gasteiger partial charge in [-0.2, -0.15) is 0 Å². The van der Waals surface area contributed by atoms with Gasteiger partial charge in [-0.1, -0.05) is 64.4 Å². The first-order valence-corrected chi connectivity index (χ1v) is 28.0. The highest BCUT2D eigenvalue weighted by molar-refractivity contribution is 5.98. The van der Waals surface area contributed by atoms with Crippen LogP contribution in [0.3, 0.4) is 0 Å². The standard InChI is InChI=1S/C55H89N17O10/c1-5-32(4)44(58)51(79)70-43(29-34-30-65-37-15-7-6-14-36(34)37)50(78)72-45(31(2)3)52(80)71-42(28-33-20-22-35(73)23-21-33)49(77)68-40(18-12-26-63-54(59)60)47(75)66-38(16-8-10-24-56)46(74)67-39(17-9-11-25-57)48(76)69-41(53(81)82)19-13-27-64-55(61)62/h6-7,14-15,20-23,30-32,38-45,65,73H,5,8-13,16-19,24-29,56-58H2,1-4H3,(H,66,75)(H,67,74)(H,68,77)(H,69,76)(H,70,79)(H,71,80)(H,72,78)(H,81,82)(H4,59,60,63)(H4,61,62,64)/t32-,38-,39-,40-,41-,42-,43-,44-,45-/m0/s1. The van der Waals surface area contributed by atoms with Gasteiger partial charge < -0.3 is 91.7 Å². The van der Waals surface area contributed by atoms with Crippen LogP contribution in [0.4, 0.5) is 0 Å². The first kappa shape index (κ1) is 68.2. The molecule has 27 heteroatoms. The molecule has 27 nitrogen and oxygen atoms in total. The first-order chi connectivity index (χ1) is 39.0. The van der Waals surface area contributed by atoms with Crippen LogP contribution < -0.4 is 76.5 Å². The van der Waals surface area contributed by atoms with Crippen LogP contribution in [-0.2, 0) is 51.2 Å². The number of H-pyrrole nitrogens is 1. The number of carboxylic acid groups (broad SMARTS) is 1. The summed E-state index contributed by atoms with van der Waals surface area (Å²) in [6.45, 7) is 7.85. The van der Waals surface area contributed by atoms with Gasteiger partial charge in [0.2, 0.25) is 41.4 Å². The molecule has 2 aromatic carbocycles. The molecule has 0 saturated carbocycles. The number of phenolic OH excluding ortho intramolecular Hbond substituents is 1. The fraction of sp³-hybridized carbons (Fsp3) is 0.564. The third-order valence-electron chi connectivity index (χ3n) is 13.9. The maximum atomic E-state index is 14.7. The van der Waals surface area contributed by atoms with Crippen LogP contribution in [0.15, 0.2) is 54.7 Å². The van der Waals surface area contributed by atoms with Gasteiger partial charge in [-0.05, 0) is 118 Å². The maximum Gasteiger partial charge on any atom is 0.326 e. The number of carbonyl (C=O) groups excluding carboxylic acids is 7. The number of carbonyl (C=O) groups is 8. The largest absolute Gasteiger partial charge is 0.508 e. The van der Waals surface area contributed by atoms with Crippen LogP contribution >= 0.6 is 0 Å². The number of nitrogens with two attached hydrogens (primary N) is 5. The Morgan fingerprint density at radius 1 is 0.561 bits per heavy atom. The Hall–Kier alpha value is -8.04. The van der Waals surface area contributed by atoms with Crippen LogP contribution in [0.25, 0.3) is 10.9 Å². The maximum absolute atomic E-state index is 14.7. The van der Waals surface area contributed by atoms with Crippen molar-refractivity contribution in [2.75, 3.05) is 26.2 Å². The van der Waals surface area contributed by atoms with E-state index in [9.17, 15) is 48.6 Å². The zero-order chi connectivity index (χ0) is 60.9. The van der Waals surface area contributed by atoms with Gasteiger partial charge in [0.25, 0.3) is 0 Å². The summed E-state index contributed by atoms with van der Waals surface area (Å²) in [6.07, 6.45) is 4.13. The predicted octanol–water partition coefficient (Wildman–Crippen LogP) is -1.05. The normalized spacial score (nSPS) is 14.5. The molecule has 0 aliphatic carbocycles. The molecule has 3 rings (SSSR count). The van der Waals surface area contributed by atoms with Gasteiger partial charge in [-0.3, -0.25) is 44.4 Å². The van der Waals surface area contributed by atoms with E-state index in [1.165, 1.54) is 24.3 Å². The average molecular weight is 1150 g/mol. The highest BCUT2D eigenvalue weighted by Gasteiger charge is 2.36. The van der Waals surface area contributed by atoms with Crippen LogP contribution in [0, 0.1) is 22.7 Å². The number of nitrogens with one attached hydrogen (secondary N) is 12. The molecule has 0 bridgehead atoms. The molecule has 0 unspecified atom stereocenters. The van der Waals surface area contributed by atoms with Crippen molar-refractivity contribution in [2.24, 2.45) is 40.5 Å². The summed E-state index contributed by atoms with van der Waals surface area (Å²) in [4.78, 5) is 115. The minimum atomic E-state index is -1.44. The number of fused-ring (bicyclic) bond motifs is 1. The lowest BCUT2D eigenvalue weighted by Crippen LogP contribution is -2.61. The molecule has 0 aliphatic heterocycles. The smallest absolute Gasteiger partial charge is 0.326 e. The number of unbranched alkanes of at least 4 members (excludes halogenated alkanes) is 2. The Bertz CT molecular complexity index is 2580. The van der Waals surface area contributed by atoms with Gasteiger partial charge in [-0.15, -0.1) is 0 Å². The number of guanidine groups is 2. The summed E-state index contributed by atoms with van der Waals surface area (Å²) in [5.74, 6) is -8.20. The monoisotopic (exact) mass is 1150 g/mol. The van der Waals surface area contributed by atoms with Crippen molar-refractivity contribution in [2.45, 2.75) is 160 Å². The van der Waals surface area contributed by atoms with Crippen molar-refractivity contribution in [1.82, 2.24) is 52.8 Å². The van der Waals surface area contributed by atoms with Crippen LogP contribution in [0.1, 0.15) is 109 Å². The van der Waals surface area contributed by atoms with Crippen molar-refractivity contribution >= 4 is 70.1 Å². The SMILES string of the molecule is CC[C@H](C)[C@H](N)C(=O)N[C@@H](Cc1c[nH]c2ccccc12)C(=O)N[C@H](C(=O)N[C@@H](Cc1ccc(O)cc1)C(=O)N[C@@H](CCCNC(=N)N)C(=O)N[C@@H](CCCCN)C(=O)N[C@@H](CCCCN)C(=O)N[C@@H](CCCNC(=N)N)C(=O)O)C(C)C. The zero-order valence-electron chi connectivity index (χ0n) is 47.5. The quantitative estimate of drug-likeness (QED) is 0.0185. The molecule has 0 saturated heterocycles. The number of phenols is 1. The number of aromatic amines is 1. The lowest BCUT2D eigenvalue weighted by molar-refractivity contribution is -0.142. The van der Waals surface area contributed by atoms with E-state index in [0.717, 1.165) is 10.9 Å². The summed E-state index contributed by atoms with van der Waals surface area (Å²) in [5, 5.41) is 60.1. The number of aromatic hydroxyl groups is 1. The second-order valence-electron chi connectivity index (χ2n) is 20.8. The Kier molecular flexibility index (Phi) is 29.7. The van der Waals surface area contributed by atoms with Crippen molar-refractivity contribution < 1.29 is 48.6 Å². The number of hydrogen-bond acceptors (Lipinski definition) is 14. The van der Waals surface area contributed by atoms with Crippen LogP contribution in [0.2, 0.25) is 0 Å². The van der Waals surface area contributed by atoms with Gasteiger partial charge >= 0.3 is 5.97 Å². The van der Waals surface area contributed by atoms with Crippen molar-refractivity contribution in [3.63, 3.8) is 0 Å². The topological polar surface area (TPSA) is 479 Å². The number of aliphatic carboxylic acids is 1. The molecule has 1 heterocycles. The average Bonchev–Trinajstić information content (AvgIpc) is 4.09. The predicted molar refractivity (Wildman–Crippen MR) is 311 cm³/mol. The highest BCUT2D eigenvalue weighted by atomic mass is 16.4. The van der Waals surface area contributed by atoms with Crippen molar-refractivity contribution in [1.29, 1.82) is 10.8 Å². The van der Waals surface area contributed by atoms with Crippen LogP contribution in [-0.4, -0.2) is 149 Å². The summed E-state index contributed by atoms with van der Waals surface area (Å²) in [7, 11) is 0. The summed E-state index contributed by atoms with van der Waals surface area (Å²) in [5.41, 5.74) is 30.7. The molecular formula is C55H89N17O10. The molecule has 24 N–H and O–H groups in total. The number of amides is 7. The minimum Gasteiger partial charge on any atom is -0.508 e. The first-order valence-electron chi connectivity index (χ1n) is 28.0. The molecule has 0 spiro atoms. The van der Waals surface area contributed by atoms with E-state index in [2.05, 4.69) is 52.8 Å². The van der Waals surface area contributed by atoms with E-state index in [-0.39, 0.29) is 101 Å². The van der Waals surface area contributed by atoms with Gasteiger partial charge in [0.05, 0.1) is 6.04 Å². The molecule has 0 radical (unpaired) electrons. The van der Waals surface area contributed by atoms with Gasteiger partial charge in [0.15, 0.2) is 11.9 Å². The van der Waals surface area contributed by atoms with Gasteiger partial charge in [0, 0.05) is 43.0 Å². The highest BCUT2D eigenvalue weighted by Crippen LogP contribution is 2.20. The molecule has 9 atom stereocenters. The number of carboxylic acids is 1. The van der Waals surface area contributed by atoms with E-state index >= 15 is 0 Å². The molecule has 3 aromatic rings. The Morgan fingerprint density at radius 3 is 1.49 bits per heavy atom. The summed E-state index contributed by atoms with van der Waals surface area (Å²) in [6, 6.07) is 3.07. The van der Waals surface area contributed by atoms with Gasteiger partial charge in [-0.25, -0.2) is 4.79 Å². The third kappa shape index (κ3) is 23.6. The Balaban J connectivity index is 1.99. The van der Waals surface area contributed by atoms with Gasteiger partial charge in [0.1, 0.15) is 48.0 Å². The molecule has 0 aliphatic rings. The molecule has 0 fully saturated rings. The molecule has 7 amide bonds. The second-order valence-corrected chi connectivity index (χ2v) is 20.8. The molecule has 1 aromatic heterocycles. The number of hydrogen-bond donors (Lipinski definition) is 19. The lowest BCUT2D eigenvalue weighted by atomic mass is 9.97. The number of para-hydroxylation sites is 1. The zero-order valence-corrected chi connectivity index (χ0v) is 47.5. The van der Waals surface area contributed by atoms with Crippen molar-refractivity contribution in [3.05, 3.63) is 65.9 Å². The third-order valence-corrected chi connectivity index (χ3v) is 13.9. The summed E-state index contributed by atoms with van der Waals surface area (Å²) < 4.78 is 0. The Labute approximate surface area is 478 Å². The van der Waals surface area contributed by atoms with E-state index in [0.29, 0.717) is 43.2 Å². The Morgan fingerprint density at radius 2 is 1.00 bits per heavy atom. The van der Waals surface area contributed by atoms with E-state index in [4.69, 9.17) is 39.5 Å². The van der Waals surface area contributed by atoms with E-state index < -0.39 is 102 Å². The van der Waals surface area contributed by atoms with E-state index in [1.807, 2.05) is 38.1 Å². The summed E-state index contributed by atoms with van der Waals surface area (Å²) >= 11 is 0. The molecule has 82 heavy (non-hydrogen) atoms. The van der Waals surface area contributed by atoms with Crippen molar-refractivity contribution in [3.8, 4) is 5.75 Å². The van der Waals surface area contributed by atoms with E-state index in [1.54, 1.807) is 20.0 Å². The van der Waals surface area contributed by atoms with Crippen LogP contribution in [0.5, 0.6) is 5.75 Å². The minimum absolute atomic E-state index is 0.0228. The second kappa shape index (κ2) is 35.6. The number of aromatic nitrogens is 1. The fourth-order valence-corrected chi connectivity index (χ4v) is 8.83. The molecule has 454 valence electrons.